The molecule has 2 rings (SSSR count). The van der Waals surface area contributed by atoms with Crippen molar-refractivity contribution in [1.29, 1.82) is 0 Å². The first-order chi connectivity index (χ1) is 9.80. The van der Waals surface area contributed by atoms with Crippen molar-refractivity contribution in [3.05, 3.63) is 23.0 Å². The number of hydrogen-bond acceptors (Lipinski definition) is 3. The van der Waals surface area contributed by atoms with E-state index < -0.39 is 20.7 Å². The van der Waals surface area contributed by atoms with E-state index in [1.165, 1.54) is 6.07 Å². The first-order valence-corrected chi connectivity index (χ1v) is 8.90. The number of hydrogen-bond donors (Lipinski definition) is 2. The van der Waals surface area contributed by atoms with Gasteiger partial charge in [0.25, 0.3) is 0 Å². The van der Waals surface area contributed by atoms with Crippen LogP contribution in [0.4, 0.5) is 10.1 Å². The third kappa shape index (κ3) is 3.49. The van der Waals surface area contributed by atoms with Gasteiger partial charge >= 0.3 is 0 Å². The summed E-state index contributed by atoms with van der Waals surface area (Å²) < 4.78 is 41.1. The standard InChI is InChI=1S/C14H20ClFN2O2S/c1-2-14(5-3-4-6-14)9-18-21(19,20)12-8-10(17)7-11(15)13(12)16/h7-8,18H,2-6,9,17H2,1H3. The zero-order valence-corrected chi connectivity index (χ0v) is 13.5. The second kappa shape index (κ2) is 6.10. The number of nitrogens with one attached hydrogen (secondary N) is 1. The van der Waals surface area contributed by atoms with Gasteiger partial charge in [-0.1, -0.05) is 31.4 Å². The van der Waals surface area contributed by atoms with Gasteiger partial charge in [-0.15, -0.1) is 0 Å². The SMILES string of the molecule is CCC1(CNS(=O)(=O)c2cc(N)cc(Cl)c2F)CCCC1. The molecular formula is C14H20ClFN2O2S. The Hall–Kier alpha value is -0.850. The molecule has 0 bridgehead atoms. The molecule has 1 aromatic rings. The van der Waals surface area contributed by atoms with E-state index in [4.69, 9.17) is 17.3 Å². The lowest BCUT2D eigenvalue weighted by Gasteiger charge is -2.27. The molecule has 0 saturated heterocycles. The van der Waals surface area contributed by atoms with Crippen molar-refractivity contribution < 1.29 is 12.8 Å². The summed E-state index contributed by atoms with van der Waals surface area (Å²) >= 11 is 5.66. The largest absolute Gasteiger partial charge is 0.399 e. The van der Waals surface area contributed by atoms with Gasteiger partial charge in [-0.05, 0) is 36.8 Å². The van der Waals surface area contributed by atoms with Crippen LogP contribution in [0.25, 0.3) is 0 Å². The van der Waals surface area contributed by atoms with E-state index in [-0.39, 0.29) is 16.1 Å². The summed E-state index contributed by atoms with van der Waals surface area (Å²) in [5.74, 6) is -0.963. The van der Waals surface area contributed by atoms with Crippen molar-refractivity contribution in [2.24, 2.45) is 5.41 Å². The lowest BCUT2D eigenvalue weighted by molar-refractivity contribution is 0.285. The van der Waals surface area contributed by atoms with Crippen LogP contribution in [0.3, 0.4) is 0 Å². The fourth-order valence-corrected chi connectivity index (χ4v) is 4.46. The maximum absolute atomic E-state index is 13.9. The van der Waals surface area contributed by atoms with Gasteiger partial charge < -0.3 is 5.73 Å². The Labute approximate surface area is 129 Å². The topological polar surface area (TPSA) is 72.2 Å². The lowest BCUT2D eigenvalue weighted by Crippen LogP contribution is -2.36. The smallest absolute Gasteiger partial charge is 0.243 e. The van der Waals surface area contributed by atoms with Crippen LogP contribution in [0.2, 0.25) is 5.02 Å². The Bertz CT molecular complexity index is 628. The quantitative estimate of drug-likeness (QED) is 0.811. The van der Waals surface area contributed by atoms with Gasteiger partial charge in [0.1, 0.15) is 4.90 Å². The van der Waals surface area contributed by atoms with Crippen LogP contribution in [-0.4, -0.2) is 15.0 Å². The second-order valence-electron chi connectivity index (χ2n) is 5.70. The predicted molar refractivity (Wildman–Crippen MR) is 82.2 cm³/mol. The average Bonchev–Trinajstić information content (AvgIpc) is 2.90. The molecule has 1 aromatic carbocycles. The Morgan fingerprint density at radius 3 is 2.57 bits per heavy atom. The minimum absolute atomic E-state index is 0.0202. The minimum atomic E-state index is -3.96. The molecule has 21 heavy (non-hydrogen) atoms. The van der Waals surface area contributed by atoms with Crippen molar-refractivity contribution in [3.63, 3.8) is 0 Å². The van der Waals surface area contributed by atoms with Gasteiger partial charge in [0.05, 0.1) is 5.02 Å². The van der Waals surface area contributed by atoms with Gasteiger partial charge in [-0.3, -0.25) is 0 Å². The summed E-state index contributed by atoms with van der Waals surface area (Å²) in [6.45, 7) is 2.37. The summed E-state index contributed by atoms with van der Waals surface area (Å²) in [6.07, 6.45) is 5.09. The lowest BCUT2D eigenvalue weighted by atomic mass is 9.84. The molecular weight excluding hydrogens is 315 g/mol. The third-order valence-electron chi connectivity index (χ3n) is 4.36. The van der Waals surface area contributed by atoms with E-state index in [0.29, 0.717) is 6.54 Å². The Morgan fingerprint density at radius 1 is 1.38 bits per heavy atom. The van der Waals surface area contributed by atoms with E-state index in [0.717, 1.165) is 38.2 Å². The number of nitrogen functional groups attached to an aromatic ring is 1. The molecule has 1 saturated carbocycles. The highest BCUT2D eigenvalue weighted by molar-refractivity contribution is 7.89. The minimum Gasteiger partial charge on any atom is -0.399 e. The zero-order chi connectivity index (χ0) is 15.7. The van der Waals surface area contributed by atoms with Gasteiger partial charge in [0.2, 0.25) is 10.0 Å². The van der Waals surface area contributed by atoms with E-state index in [1.807, 2.05) is 0 Å². The van der Waals surface area contributed by atoms with Crippen molar-refractivity contribution in [1.82, 2.24) is 4.72 Å². The number of rotatable bonds is 5. The van der Waals surface area contributed by atoms with Crippen molar-refractivity contribution in [3.8, 4) is 0 Å². The van der Waals surface area contributed by atoms with Crippen LogP contribution >= 0.6 is 11.6 Å². The van der Waals surface area contributed by atoms with Crippen molar-refractivity contribution in [2.75, 3.05) is 12.3 Å². The van der Waals surface area contributed by atoms with Gasteiger partial charge in [0.15, 0.2) is 5.82 Å². The molecule has 0 aliphatic heterocycles. The fourth-order valence-electron chi connectivity index (χ4n) is 2.89. The molecule has 0 heterocycles. The van der Waals surface area contributed by atoms with Crippen LogP contribution < -0.4 is 10.5 Å². The predicted octanol–water partition coefficient (Wildman–Crippen LogP) is 3.31. The van der Waals surface area contributed by atoms with E-state index in [9.17, 15) is 12.8 Å². The van der Waals surface area contributed by atoms with Crippen LogP contribution in [0, 0.1) is 11.2 Å². The Kier molecular flexibility index (Phi) is 4.80. The van der Waals surface area contributed by atoms with Crippen molar-refractivity contribution >= 4 is 27.3 Å². The maximum Gasteiger partial charge on any atom is 0.243 e. The van der Waals surface area contributed by atoms with Crippen LogP contribution in [-0.2, 0) is 10.0 Å². The fraction of sp³-hybridized carbons (Fsp3) is 0.571. The summed E-state index contributed by atoms with van der Waals surface area (Å²) in [4.78, 5) is -0.489. The third-order valence-corrected chi connectivity index (χ3v) is 6.03. The molecule has 0 unspecified atom stereocenters. The highest BCUT2D eigenvalue weighted by Crippen LogP contribution is 2.40. The highest BCUT2D eigenvalue weighted by atomic mass is 35.5. The number of halogens is 2. The average molecular weight is 335 g/mol. The van der Waals surface area contributed by atoms with E-state index in [2.05, 4.69) is 11.6 Å². The first kappa shape index (κ1) is 16.5. The van der Waals surface area contributed by atoms with Gasteiger partial charge in [0, 0.05) is 12.2 Å². The van der Waals surface area contributed by atoms with Gasteiger partial charge in [-0.2, -0.15) is 0 Å². The highest BCUT2D eigenvalue weighted by Gasteiger charge is 2.34. The molecule has 0 spiro atoms. The number of sulfonamides is 1. The molecule has 118 valence electrons. The number of anilines is 1. The molecule has 0 aromatic heterocycles. The molecule has 7 heteroatoms. The summed E-state index contributed by atoms with van der Waals surface area (Å²) in [6, 6.07) is 2.29. The molecule has 1 fully saturated rings. The number of nitrogens with two attached hydrogens (primary N) is 1. The normalized spacial score (nSPS) is 18.0. The maximum atomic E-state index is 13.9. The molecule has 0 radical (unpaired) electrons. The van der Waals surface area contributed by atoms with Crippen LogP contribution in [0.15, 0.2) is 17.0 Å². The van der Waals surface area contributed by atoms with Gasteiger partial charge in [-0.25, -0.2) is 17.5 Å². The molecule has 0 atom stereocenters. The second-order valence-corrected chi connectivity index (χ2v) is 7.84. The number of benzene rings is 1. The summed E-state index contributed by atoms with van der Waals surface area (Å²) in [5.41, 5.74) is 5.65. The summed E-state index contributed by atoms with van der Waals surface area (Å²) in [7, 11) is -3.96. The van der Waals surface area contributed by atoms with Crippen LogP contribution in [0.1, 0.15) is 39.0 Å². The molecule has 1 aliphatic rings. The Morgan fingerprint density at radius 2 is 2.00 bits per heavy atom. The van der Waals surface area contributed by atoms with E-state index in [1.54, 1.807) is 0 Å². The van der Waals surface area contributed by atoms with Crippen molar-refractivity contribution in [2.45, 2.75) is 43.9 Å². The Balaban J connectivity index is 2.23. The molecule has 4 nitrogen and oxygen atoms in total. The van der Waals surface area contributed by atoms with Crippen LogP contribution in [0.5, 0.6) is 0 Å². The molecule has 3 N–H and O–H groups in total. The summed E-state index contributed by atoms with van der Waals surface area (Å²) in [5, 5.41) is -0.290. The first-order valence-electron chi connectivity index (χ1n) is 7.04. The molecule has 0 amide bonds. The zero-order valence-electron chi connectivity index (χ0n) is 12.0. The van der Waals surface area contributed by atoms with E-state index >= 15 is 0 Å². The molecule has 1 aliphatic carbocycles. The monoisotopic (exact) mass is 334 g/mol.